The number of allylic oxidation sites excluding steroid dienone is 2. The molecule has 0 radical (unpaired) electrons. The van der Waals surface area contributed by atoms with E-state index in [-0.39, 0.29) is 0 Å². The van der Waals surface area contributed by atoms with Crippen LogP contribution in [0.3, 0.4) is 0 Å². The van der Waals surface area contributed by atoms with Crippen LogP contribution in [0.2, 0.25) is 0 Å². The molecule has 0 saturated carbocycles. The molecule has 3 heteroatoms. The van der Waals surface area contributed by atoms with Gasteiger partial charge in [-0.2, -0.15) is 0 Å². The number of anilines is 1. The third-order valence-corrected chi connectivity index (χ3v) is 2.98. The average Bonchev–Trinajstić information content (AvgIpc) is 2.29. The minimum Gasteiger partial charge on any atom is -0.399 e. The van der Waals surface area contributed by atoms with Crippen LogP contribution >= 0.6 is 0 Å². The highest BCUT2D eigenvalue weighted by atomic mass is 14.8. The van der Waals surface area contributed by atoms with Gasteiger partial charge in [-0.15, -0.1) is 0 Å². The van der Waals surface area contributed by atoms with Crippen molar-refractivity contribution in [3.8, 4) is 0 Å². The molecule has 2 rings (SSSR count). The van der Waals surface area contributed by atoms with Gasteiger partial charge in [-0.25, -0.2) is 0 Å². The molecule has 1 aliphatic carbocycles. The zero-order valence-corrected chi connectivity index (χ0v) is 9.19. The van der Waals surface area contributed by atoms with E-state index in [1.807, 2.05) is 42.5 Å². The van der Waals surface area contributed by atoms with Crippen LogP contribution in [0.25, 0.3) is 5.57 Å². The highest BCUT2D eigenvalue weighted by Crippen LogP contribution is 2.31. The van der Waals surface area contributed by atoms with Crippen LogP contribution in [0.15, 0.2) is 42.5 Å². The minimum atomic E-state index is -0.470. The summed E-state index contributed by atoms with van der Waals surface area (Å²) in [5.74, 6) is 0. The summed E-state index contributed by atoms with van der Waals surface area (Å²) in [6.45, 7) is 0.429. The molecule has 0 aliphatic heterocycles. The van der Waals surface area contributed by atoms with Gasteiger partial charge >= 0.3 is 0 Å². The van der Waals surface area contributed by atoms with E-state index in [4.69, 9.17) is 17.2 Å². The van der Waals surface area contributed by atoms with Crippen molar-refractivity contribution in [1.82, 2.24) is 0 Å². The monoisotopic (exact) mass is 215 g/mol. The summed E-state index contributed by atoms with van der Waals surface area (Å²) in [4.78, 5) is 0. The molecular weight excluding hydrogens is 198 g/mol. The standard InChI is InChI=1S/C13H17N3/c14-9-13(16)7-2-1-6-12(13)10-4-3-5-11(15)8-10/h1-6,8H,7,9,14-16H2. The van der Waals surface area contributed by atoms with Gasteiger partial charge in [-0.3, -0.25) is 0 Å². The molecule has 1 aliphatic rings. The molecule has 6 N–H and O–H groups in total. The van der Waals surface area contributed by atoms with Gasteiger partial charge in [-0.1, -0.05) is 30.4 Å². The largest absolute Gasteiger partial charge is 0.399 e. The second-order valence-corrected chi connectivity index (χ2v) is 4.20. The fraction of sp³-hybridized carbons (Fsp3) is 0.231. The molecule has 3 nitrogen and oxygen atoms in total. The zero-order valence-electron chi connectivity index (χ0n) is 9.19. The third-order valence-electron chi connectivity index (χ3n) is 2.98. The van der Waals surface area contributed by atoms with Crippen molar-refractivity contribution in [2.75, 3.05) is 12.3 Å². The SMILES string of the molecule is NCC1(N)CC=CC=C1c1cccc(N)c1. The van der Waals surface area contributed by atoms with E-state index in [0.717, 1.165) is 23.2 Å². The van der Waals surface area contributed by atoms with E-state index in [1.165, 1.54) is 0 Å². The van der Waals surface area contributed by atoms with E-state index in [0.29, 0.717) is 6.54 Å². The zero-order chi connectivity index (χ0) is 11.6. The van der Waals surface area contributed by atoms with E-state index in [1.54, 1.807) is 0 Å². The first-order valence-electron chi connectivity index (χ1n) is 5.38. The van der Waals surface area contributed by atoms with Crippen molar-refractivity contribution in [2.45, 2.75) is 12.0 Å². The van der Waals surface area contributed by atoms with Gasteiger partial charge in [0.1, 0.15) is 0 Å². The summed E-state index contributed by atoms with van der Waals surface area (Å²) in [5, 5.41) is 0. The average molecular weight is 215 g/mol. The number of rotatable bonds is 2. The van der Waals surface area contributed by atoms with E-state index in [9.17, 15) is 0 Å². The van der Waals surface area contributed by atoms with Crippen LogP contribution in [0.1, 0.15) is 12.0 Å². The number of nitrogens with two attached hydrogens (primary N) is 3. The first kappa shape index (κ1) is 10.9. The van der Waals surface area contributed by atoms with E-state index in [2.05, 4.69) is 0 Å². The van der Waals surface area contributed by atoms with Gasteiger partial charge < -0.3 is 17.2 Å². The summed E-state index contributed by atoms with van der Waals surface area (Å²) in [5.41, 5.74) is 20.2. The van der Waals surface area contributed by atoms with Crippen LogP contribution < -0.4 is 17.2 Å². The van der Waals surface area contributed by atoms with Crippen molar-refractivity contribution >= 4 is 11.3 Å². The Balaban J connectivity index is 2.45. The van der Waals surface area contributed by atoms with E-state index < -0.39 is 5.54 Å². The second-order valence-electron chi connectivity index (χ2n) is 4.20. The summed E-state index contributed by atoms with van der Waals surface area (Å²) < 4.78 is 0. The first-order chi connectivity index (χ1) is 7.65. The number of hydrogen-bond acceptors (Lipinski definition) is 3. The molecule has 0 spiro atoms. The van der Waals surface area contributed by atoms with Crippen LogP contribution in [0.5, 0.6) is 0 Å². The Morgan fingerprint density at radius 3 is 2.81 bits per heavy atom. The van der Waals surface area contributed by atoms with Crippen molar-refractivity contribution < 1.29 is 0 Å². The Morgan fingerprint density at radius 2 is 2.12 bits per heavy atom. The Kier molecular flexibility index (Phi) is 2.81. The highest BCUT2D eigenvalue weighted by molar-refractivity contribution is 5.77. The predicted molar refractivity (Wildman–Crippen MR) is 68.6 cm³/mol. The van der Waals surface area contributed by atoms with Crippen LogP contribution in [-0.2, 0) is 0 Å². The Bertz CT molecular complexity index is 448. The number of nitrogen functional groups attached to an aromatic ring is 1. The summed E-state index contributed by atoms with van der Waals surface area (Å²) in [6, 6.07) is 7.74. The van der Waals surface area contributed by atoms with Crippen LogP contribution in [0.4, 0.5) is 5.69 Å². The lowest BCUT2D eigenvalue weighted by molar-refractivity contribution is 0.561. The smallest absolute Gasteiger partial charge is 0.0574 e. The van der Waals surface area contributed by atoms with Crippen LogP contribution in [-0.4, -0.2) is 12.1 Å². The summed E-state index contributed by atoms with van der Waals surface area (Å²) >= 11 is 0. The maximum atomic E-state index is 6.30. The topological polar surface area (TPSA) is 78.1 Å². The normalized spacial score (nSPS) is 24.2. The fourth-order valence-corrected chi connectivity index (χ4v) is 2.00. The molecular formula is C13H17N3. The fourth-order valence-electron chi connectivity index (χ4n) is 2.00. The molecule has 0 fully saturated rings. The maximum Gasteiger partial charge on any atom is 0.0574 e. The molecule has 1 aromatic rings. The predicted octanol–water partition coefficient (Wildman–Crippen LogP) is 1.27. The van der Waals surface area contributed by atoms with Gasteiger partial charge in [0.05, 0.1) is 5.54 Å². The summed E-state index contributed by atoms with van der Waals surface area (Å²) in [6.07, 6.45) is 6.84. The van der Waals surface area contributed by atoms with Gasteiger partial charge in [0, 0.05) is 12.2 Å². The van der Waals surface area contributed by atoms with Crippen molar-refractivity contribution in [3.05, 3.63) is 48.1 Å². The van der Waals surface area contributed by atoms with E-state index >= 15 is 0 Å². The molecule has 1 unspecified atom stereocenters. The lowest BCUT2D eigenvalue weighted by Gasteiger charge is -2.32. The van der Waals surface area contributed by atoms with Crippen molar-refractivity contribution in [1.29, 1.82) is 0 Å². The molecule has 0 bridgehead atoms. The molecule has 16 heavy (non-hydrogen) atoms. The quantitative estimate of drug-likeness (QED) is 0.650. The molecule has 0 aromatic heterocycles. The number of benzene rings is 1. The minimum absolute atomic E-state index is 0.429. The molecule has 1 atom stereocenters. The molecule has 0 saturated heterocycles. The highest BCUT2D eigenvalue weighted by Gasteiger charge is 2.29. The second kappa shape index (κ2) is 4.12. The maximum absolute atomic E-state index is 6.30. The lowest BCUT2D eigenvalue weighted by atomic mass is 9.80. The van der Waals surface area contributed by atoms with Crippen molar-refractivity contribution in [3.63, 3.8) is 0 Å². The Morgan fingerprint density at radius 1 is 1.31 bits per heavy atom. The van der Waals surface area contributed by atoms with Crippen LogP contribution in [0, 0.1) is 0 Å². The van der Waals surface area contributed by atoms with Gasteiger partial charge in [0.25, 0.3) is 0 Å². The molecule has 0 heterocycles. The van der Waals surface area contributed by atoms with Crippen molar-refractivity contribution in [2.24, 2.45) is 11.5 Å². The van der Waals surface area contributed by atoms with Gasteiger partial charge in [0.2, 0.25) is 0 Å². The third kappa shape index (κ3) is 1.87. The Labute approximate surface area is 95.6 Å². The first-order valence-corrected chi connectivity index (χ1v) is 5.38. The molecule has 1 aromatic carbocycles. The van der Waals surface area contributed by atoms with Gasteiger partial charge in [0.15, 0.2) is 0 Å². The molecule has 0 amide bonds. The van der Waals surface area contributed by atoms with Gasteiger partial charge in [-0.05, 0) is 29.7 Å². The summed E-state index contributed by atoms with van der Waals surface area (Å²) in [7, 11) is 0. The Hall–Kier alpha value is -1.58. The molecule has 84 valence electrons. The number of hydrogen-bond donors (Lipinski definition) is 3. The lowest BCUT2D eigenvalue weighted by Crippen LogP contribution is -2.48.